The van der Waals surface area contributed by atoms with Gasteiger partial charge in [-0.3, -0.25) is 19.0 Å². The topological polar surface area (TPSA) is 81.8 Å². The molecule has 0 atom stereocenters. The number of nitrogens with zero attached hydrogens (tertiary/aromatic N) is 4. The first kappa shape index (κ1) is 20.8. The van der Waals surface area contributed by atoms with E-state index in [2.05, 4.69) is 15.5 Å². The number of benzene rings is 2. The van der Waals surface area contributed by atoms with Crippen LogP contribution in [0, 0.1) is 13.8 Å². The molecule has 2 aromatic heterocycles. The zero-order chi connectivity index (χ0) is 22.1. The summed E-state index contributed by atoms with van der Waals surface area (Å²) in [5.74, 6) is -0.558. The average Bonchev–Trinajstić information content (AvgIpc) is 3.05. The lowest BCUT2D eigenvalue weighted by Gasteiger charge is -2.11. The molecule has 0 spiro atoms. The minimum atomic E-state index is -0.558. The Hall–Kier alpha value is -3.45. The van der Waals surface area contributed by atoms with Crippen molar-refractivity contribution in [2.75, 3.05) is 5.32 Å². The summed E-state index contributed by atoms with van der Waals surface area (Å²) in [6.07, 6.45) is 0. The molecule has 7 nitrogen and oxygen atoms in total. The number of hydrogen-bond donors (Lipinski definition) is 1. The SMILES string of the molecule is CCn1nc(C(=O)Nc2cccc(Cn3nc(C)cc3C)c2)c(=O)c2cc(Cl)ccc21. The highest BCUT2D eigenvalue weighted by molar-refractivity contribution is 6.31. The van der Waals surface area contributed by atoms with Crippen molar-refractivity contribution in [2.24, 2.45) is 0 Å². The maximum Gasteiger partial charge on any atom is 0.280 e. The highest BCUT2D eigenvalue weighted by atomic mass is 35.5. The van der Waals surface area contributed by atoms with Gasteiger partial charge in [0.25, 0.3) is 5.91 Å². The van der Waals surface area contributed by atoms with Crippen LogP contribution in [0.3, 0.4) is 0 Å². The summed E-state index contributed by atoms with van der Waals surface area (Å²) < 4.78 is 3.53. The molecule has 1 N–H and O–H groups in total. The zero-order valence-electron chi connectivity index (χ0n) is 17.5. The van der Waals surface area contributed by atoms with E-state index < -0.39 is 11.3 Å². The summed E-state index contributed by atoms with van der Waals surface area (Å²) in [6.45, 7) is 6.94. The number of hydrogen-bond acceptors (Lipinski definition) is 4. The molecule has 8 heteroatoms. The Labute approximate surface area is 184 Å². The second-order valence-electron chi connectivity index (χ2n) is 7.39. The number of nitrogens with one attached hydrogen (secondary N) is 1. The first-order valence-electron chi connectivity index (χ1n) is 9.97. The minimum Gasteiger partial charge on any atom is -0.320 e. The average molecular weight is 436 g/mol. The van der Waals surface area contributed by atoms with Gasteiger partial charge in [-0.15, -0.1) is 0 Å². The molecule has 158 valence electrons. The molecule has 31 heavy (non-hydrogen) atoms. The van der Waals surface area contributed by atoms with Crippen LogP contribution in [0.1, 0.15) is 34.4 Å². The number of rotatable bonds is 5. The molecule has 0 aliphatic carbocycles. The van der Waals surface area contributed by atoms with E-state index in [9.17, 15) is 9.59 Å². The minimum absolute atomic E-state index is 0.166. The lowest BCUT2D eigenvalue weighted by atomic mass is 10.1. The smallest absolute Gasteiger partial charge is 0.280 e. The van der Waals surface area contributed by atoms with Gasteiger partial charge in [0, 0.05) is 22.9 Å². The Morgan fingerprint density at radius 1 is 1.06 bits per heavy atom. The molecule has 1 amide bonds. The van der Waals surface area contributed by atoms with Gasteiger partial charge in [0.2, 0.25) is 5.43 Å². The lowest BCUT2D eigenvalue weighted by molar-refractivity contribution is 0.101. The highest BCUT2D eigenvalue weighted by Crippen LogP contribution is 2.18. The van der Waals surface area contributed by atoms with Gasteiger partial charge in [-0.2, -0.15) is 10.2 Å². The second-order valence-corrected chi connectivity index (χ2v) is 7.83. The number of aromatic nitrogens is 4. The molecule has 4 rings (SSSR count). The van der Waals surface area contributed by atoms with Crippen molar-refractivity contribution in [1.82, 2.24) is 19.6 Å². The molecule has 2 heterocycles. The second kappa shape index (κ2) is 8.35. The van der Waals surface area contributed by atoms with E-state index in [1.165, 1.54) is 0 Å². The molecule has 0 saturated heterocycles. The van der Waals surface area contributed by atoms with Crippen LogP contribution in [-0.2, 0) is 13.1 Å². The van der Waals surface area contributed by atoms with Crippen LogP contribution in [0.5, 0.6) is 0 Å². The van der Waals surface area contributed by atoms with E-state index in [1.807, 2.05) is 49.7 Å². The molecule has 0 aliphatic heterocycles. The molecule has 2 aromatic carbocycles. The quantitative estimate of drug-likeness (QED) is 0.509. The van der Waals surface area contributed by atoms with Crippen LogP contribution in [0.15, 0.2) is 53.3 Å². The fraction of sp³-hybridized carbons (Fsp3) is 0.217. The Morgan fingerprint density at radius 2 is 1.87 bits per heavy atom. The predicted molar refractivity (Wildman–Crippen MR) is 122 cm³/mol. The van der Waals surface area contributed by atoms with Gasteiger partial charge in [0.15, 0.2) is 5.69 Å². The van der Waals surface area contributed by atoms with Gasteiger partial charge in [-0.05, 0) is 62.7 Å². The fourth-order valence-corrected chi connectivity index (χ4v) is 3.77. The van der Waals surface area contributed by atoms with Crippen LogP contribution < -0.4 is 10.7 Å². The maximum atomic E-state index is 12.9. The summed E-state index contributed by atoms with van der Waals surface area (Å²) in [7, 11) is 0. The molecule has 4 aromatic rings. The number of fused-ring (bicyclic) bond motifs is 1. The predicted octanol–water partition coefficient (Wildman–Crippen LogP) is 4.18. The number of carbonyl (C=O) groups is 1. The van der Waals surface area contributed by atoms with Crippen LogP contribution in [0.25, 0.3) is 10.9 Å². The van der Waals surface area contributed by atoms with Crippen molar-refractivity contribution in [3.63, 3.8) is 0 Å². The Balaban J connectivity index is 1.64. The maximum absolute atomic E-state index is 12.9. The van der Waals surface area contributed by atoms with Gasteiger partial charge in [0.1, 0.15) is 0 Å². The van der Waals surface area contributed by atoms with Crippen LogP contribution in [0.2, 0.25) is 5.02 Å². The molecule has 0 aliphatic rings. The molecule has 0 unspecified atom stereocenters. The third kappa shape index (κ3) is 4.22. The Morgan fingerprint density at radius 3 is 2.58 bits per heavy atom. The van der Waals surface area contributed by atoms with Gasteiger partial charge < -0.3 is 5.32 Å². The van der Waals surface area contributed by atoms with E-state index in [-0.39, 0.29) is 5.69 Å². The lowest BCUT2D eigenvalue weighted by Crippen LogP contribution is -2.27. The fourth-order valence-electron chi connectivity index (χ4n) is 3.60. The first-order chi connectivity index (χ1) is 14.9. The summed E-state index contributed by atoms with van der Waals surface area (Å²) >= 11 is 6.07. The number of carbonyl (C=O) groups excluding carboxylic acids is 1. The number of halogens is 1. The van der Waals surface area contributed by atoms with E-state index in [0.717, 1.165) is 17.0 Å². The van der Waals surface area contributed by atoms with Crippen molar-refractivity contribution in [2.45, 2.75) is 33.9 Å². The van der Waals surface area contributed by atoms with Gasteiger partial charge >= 0.3 is 0 Å². The third-order valence-electron chi connectivity index (χ3n) is 5.05. The number of aryl methyl sites for hydroxylation is 3. The van der Waals surface area contributed by atoms with Crippen molar-refractivity contribution >= 4 is 34.1 Å². The summed E-state index contributed by atoms with van der Waals surface area (Å²) in [4.78, 5) is 25.8. The van der Waals surface area contributed by atoms with Gasteiger partial charge in [0.05, 0.1) is 23.1 Å². The van der Waals surface area contributed by atoms with Gasteiger partial charge in [-0.1, -0.05) is 23.7 Å². The van der Waals surface area contributed by atoms with E-state index in [1.54, 1.807) is 28.9 Å². The molecule has 0 saturated carbocycles. The van der Waals surface area contributed by atoms with Gasteiger partial charge in [-0.25, -0.2) is 0 Å². The van der Waals surface area contributed by atoms with Crippen molar-refractivity contribution in [3.05, 3.63) is 86.4 Å². The summed E-state index contributed by atoms with van der Waals surface area (Å²) in [5, 5.41) is 12.4. The van der Waals surface area contributed by atoms with E-state index in [0.29, 0.717) is 34.7 Å². The third-order valence-corrected chi connectivity index (χ3v) is 5.29. The van der Waals surface area contributed by atoms with Crippen LogP contribution >= 0.6 is 11.6 Å². The Kier molecular flexibility index (Phi) is 5.61. The van der Waals surface area contributed by atoms with Crippen LogP contribution in [-0.4, -0.2) is 25.5 Å². The van der Waals surface area contributed by atoms with Crippen molar-refractivity contribution in [1.29, 1.82) is 0 Å². The number of amides is 1. The molecule has 0 fully saturated rings. The van der Waals surface area contributed by atoms with E-state index in [4.69, 9.17) is 11.6 Å². The summed E-state index contributed by atoms with van der Waals surface area (Å²) in [6, 6.07) is 14.5. The monoisotopic (exact) mass is 435 g/mol. The number of anilines is 1. The standard InChI is InChI=1S/C23H22ClN5O2/c1-4-28-20-9-8-17(24)12-19(20)22(30)21(27-28)23(31)25-18-7-5-6-16(11-18)13-29-15(3)10-14(2)26-29/h5-12H,4,13H2,1-3H3,(H,25,31). The molecular formula is C23H22ClN5O2. The molecule has 0 bridgehead atoms. The summed E-state index contributed by atoms with van der Waals surface area (Å²) in [5.41, 5.74) is 3.61. The first-order valence-corrected chi connectivity index (χ1v) is 10.3. The normalized spacial score (nSPS) is 11.1. The van der Waals surface area contributed by atoms with Crippen molar-refractivity contribution < 1.29 is 4.79 Å². The zero-order valence-corrected chi connectivity index (χ0v) is 18.3. The highest BCUT2D eigenvalue weighted by Gasteiger charge is 2.18. The van der Waals surface area contributed by atoms with Crippen LogP contribution in [0.4, 0.5) is 5.69 Å². The van der Waals surface area contributed by atoms with Crippen molar-refractivity contribution in [3.8, 4) is 0 Å². The molecular weight excluding hydrogens is 414 g/mol. The van der Waals surface area contributed by atoms with E-state index >= 15 is 0 Å². The largest absolute Gasteiger partial charge is 0.320 e. The molecule has 0 radical (unpaired) electrons. The Bertz CT molecular complexity index is 1360.